The average molecular weight is 198 g/mol. The van der Waals surface area contributed by atoms with Crippen molar-refractivity contribution in [3.8, 4) is 0 Å². The van der Waals surface area contributed by atoms with Crippen molar-refractivity contribution in [1.82, 2.24) is 4.90 Å². The molecular weight excluding hydrogens is 180 g/mol. The summed E-state index contributed by atoms with van der Waals surface area (Å²) in [7, 11) is 0. The molecule has 2 N–H and O–H groups in total. The van der Waals surface area contributed by atoms with E-state index in [-0.39, 0.29) is 5.54 Å². The van der Waals surface area contributed by atoms with Crippen molar-refractivity contribution in [3.63, 3.8) is 0 Å². The fourth-order valence-corrected chi connectivity index (χ4v) is 1.53. The van der Waals surface area contributed by atoms with Gasteiger partial charge in [-0.2, -0.15) is 0 Å². The van der Waals surface area contributed by atoms with Gasteiger partial charge < -0.3 is 10.5 Å². The molecule has 80 valence electrons. The zero-order valence-electron chi connectivity index (χ0n) is 8.82. The maximum absolute atomic E-state index is 10.6. The fourth-order valence-electron chi connectivity index (χ4n) is 1.53. The van der Waals surface area contributed by atoms with Crippen LogP contribution in [0, 0.1) is 0 Å². The smallest absolute Gasteiger partial charge is 0.241 e. The molecule has 1 heterocycles. The first-order chi connectivity index (χ1) is 6.52. The Morgan fingerprint density at radius 3 is 2.50 bits per heavy atom. The Hall–Kier alpha value is -0.870. The second-order valence-corrected chi connectivity index (χ2v) is 3.99. The third-order valence-corrected chi connectivity index (χ3v) is 2.48. The van der Waals surface area contributed by atoms with Crippen LogP contribution in [-0.4, -0.2) is 42.6 Å². The van der Waals surface area contributed by atoms with Gasteiger partial charge in [0.15, 0.2) is 0 Å². The Bertz CT molecular complexity index is 230. The molecule has 1 rings (SSSR count). The van der Waals surface area contributed by atoms with Crippen LogP contribution in [0.5, 0.6) is 0 Å². The molecule has 1 aliphatic rings. The highest BCUT2D eigenvalue weighted by Gasteiger charge is 2.25. The molecule has 0 aromatic carbocycles. The highest BCUT2D eigenvalue weighted by molar-refractivity contribution is 5.85. The third-order valence-electron chi connectivity index (χ3n) is 2.48. The molecule has 1 amide bonds. The number of hydrogen-bond acceptors (Lipinski definition) is 3. The number of primary amides is 1. The molecule has 1 aliphatic heterocycles. The number of nitrogens with zero attached hydrogens (tertiary/aromatic N) is 1. The summed E-state index contributed by atoms with van der Waals surface area (Å²) in [5, 5.41) is 0. The summed E-state index contributed by atoms with van der Waals surface area (Å²) < 4.78 is 5.26. The molecule has 14 heavy (non-hydrogen) atoms. The lowest BCUT2D eigenvalue weighted by Gasteiger charge is -2.38. The minimum absolute atomic E-state index is 0.126. The molecular formula is C10H18N2O2. The van der Waals surface area contributed by atoms with Crippen molar-refractivity contribution in [2.24, 2.45) is 5.73 Å². The van der Waals surface area contributed by atoms with Gasteiger partial charge in [0, 0.05) is 24.7 Å². The summed E-state index contributed by atoms with van der Waals surface area (Å²) in [5.74, 6) is -0.397. The molecule has 0 aliphatic carbocycles. The van der Waals surface area contributed by atoms with E-state index in [2.05, 4.69) is 18.7 Å². The summed E-state index contributed by atoms with van der Waals surface area (Å²) in [5.41, 5.74) is 4.93. The Kier molecular flexibility index (Phi) is 3.66. The average Bonchev–Trinajstić information content (AvgIpc) is 2.16. The highest BCUT2D eigenvalue weighted by Crippen LogP contribution is 2.17. The molecule has 0 radical (unpaired) electrons. The van der Waals surface area contributed by atoms with E-state index in [4.69, 9.17) is 10.5 Å². The maximum atomic E-state index is 10.6. The van der Waals surface area contributed by atoms with Crippen molar-refractivity contribution in [2.45, 2.75) is 19.4 Å². The molecule has 4 nitrogen and oxygen atoms in total. The van der Waals surface area contributed by atoms with Crippen LogP contribution in [-0.2, 0) is 9.53 Å². The Labute approximate surface area is 84.7 Å². The molecule has 0 saturated carbocycles. The standard InChI is InChI=1S/C10H18N2O2/c1-10(2,4-3-9(11)13)12-5-7-14-8-6-12/h3-4H,5-8H2,1-2H3,(H2,11,13)/b4-3+. The van der Waals surface area contributed by atoms with Crippen LogP contribution in [0.3, 0.4) is 0 Å². The topological polar surface area (TPSA) is 55.6 Å². The molecule has 0 atom stereocenters. The van der Waals surface area contributed by atoms with Gasteiger partial charge in [-0.05, 0) is 13.8 Å². The van der Waals surface area contributed by atoms with E-state index in [0.717, 1.165) is 26.3 Å². The largest absolute Gasteiger partial charge is 0.379 e. The maximum Gasteiger partial charge on any atom is 0.241 e. The van der Waals surface area contributed by atoms with Crippen LogP contribution in [0.2, 0.25) is 0 Å². The van der Waals surface area contributed by atoms with Gasteiger partial charge in [-0.25, -0.2) is 0 Å². The highest BCUT2D eigenvalue weighted by atomic mass is 16.5. The zero-order chi connectivity index (χ0) is 10.6. The van der Waals surface area contributed by atoms with Crippen LogP contribution in [0.4, 0.5) is 0 Å². The first-order valence-corrected chi connectivity index (χ1v) is 4.84. The third kappa shape index (κ3) is 3.12. The van der Waals surface area contributed by atoms with E-state index < -0.39 is 5.91 Å². The molecule has 0 spiro atoms. The first kappa shape index (κ1) is 11.2. The van der Waals surface area contributed by atoms with Crippen molar-refractivity contribution in [1.29, 1.82) is 0 Å². The number of ether oxygens (including phenoxy) is 1. The minimum atomic E-state index is -0.397. The minimum Gasteiger partial charge on any atom is -0.379 e. The van der Waals surface area contributed by atoms with Gasteiger partial charge in [0.05, 0.1) is 13.2 Å². The van der Waals surface area contributed by atoms with Crippen LogP contribution in [0.15, 0.2) is 12.2 Å². The lowest BCUT2D eigenvalue weighted by Crippen LogP contribution is -2.48. The number of hydrogen-bond donors (Lipinski definition) is 1. The fraction of sp³-hybridized carbons (Fsp3) is 0.700. The Balaban J connectivity index is 2.57. The van der Waals surface area contributed by atoms with E-state index in [9.17, 15) is 4.79 Å². The normalized spacial score (nSPS) is 20.1. The van der Waals surface area contributed by atoms with Crippen LogP contribution < -0.4 is 5.73 Å². The van der Waals surface area contributed by atoms with Gasteiger partial charge in [-0.3, -0.25) is 9.69 Å². The molecule has 0 aromatic rings. The van der Waals surface area contributed by atoms with Gasteiger partial charge in [0.25, 0.3) is 0 Å². The number of nitrogens with two attached hydrogens (primary N) is 1. The lowest BCUT2D eigenvalue weighted by atomic mass is 10.0. The number of carbonyl (C=O) groups is 1. The second-order valence-electron chi connectivity index (χ2n) is 3.99. The van der Waals surface area contributed by atoms with Gasteiger partial charge in [-0.15, -0.1) is 0 Å². The summed E-state index contributed by atoms with van der Waals surface area (Å²) in [6.07, 6.45) is 3.27. The molecule has 0 bridgehead atoms. The van der Waals surface area contributed by atoms with Crippen LogP contribution in [0.1, 0.15) is 13.8 Å². The van der Waals surface area contributed by atoms with Crippen LogP contribution >= 0.6 is 0 Å². The van der Waals surface area contributed by atoms with E-state index in [1.54, 1.807) is 0 Å². The predicted molar refractivity (Wildman–Crippen MR) is 54.8 cm³/mol. The lowest BCUT2D eigenvalue weighted by molar-refractivity contribution is -0.113. The van der Waals surface area contributed by atoms with Gasteiger partial charge in [-0.1, -0.05) is 6.08 Å². The summed E-state index contributed by atoms with van der Waals surface area (Å²) in [4.78, 5) is 12.9. The number of morpholine rings is 1. The van der Waals surface area contributed by atoms with Gasteiger partial charge in [0.1, 0.15) is 0 Å². The molecule has 0 aromatic heterocycles. The van der Waals surface area contributed by atoms with Crippen LogP contribution in [0.25, 0.3) is 0 Å². The molecule has 1 saturated heterocycles. The summed E-state index contributed by atoms with van der Waals surface area (Å²) >= 11 is 0. The Morgan fingerprint density at radius 2 is 2.00 bits per heavy atom. The summed E-state index contributed by atoms with van der Waals surface area (Å²) in [6.45, 7) is 7.45. The predicted octanol–water partition coefficient (Wildman–Crippen LogP) is 0.139. The summed E-state index contributed by atoms with van der Waals surface area (Å²) in [6, 6.07) is 0. The van der Waals surface area contributed by atoms with Gasteiger partial charge >= 0.3 is 0 Å². The van der Waals surface area contributed by atoms with E-state index in [1.807, 2.05) is 6.08 Å². The van der Waals surface area contributed by atoms with Crippen molar-refractivity contribution in [3.05, 3.63) is 12.2 Å². The number of amides is 1. The van der Waals surface area contributed by atoms with Gasteiger partial charge in [0.2, 0.25) is 5.91 Å². The van der Waals surface area contributed by atoms with E-state index in [1.165, 1.54) is 6.08 Å². The second kappa shape index (κ2) is 4.57. The monoisotopic (exact) mass is 198 g/mol. The molecule has 1 fully saturated rings. The van der Waals surface area contributed by atoms with Crippen molar-refractivity contribution >= 4 is 5.91 Å². The number of carbonyl (C=O) groups excluding carboxylic acids is 1. The first-order valence-electron chi connectivity index (χ1n) is 4.84. The molecule has 4 heteroatoms. The quantitative estimate of drug-likeness (QED) is 0.656. The van der Waals surface area contributed by atoms with Crippen molar-refractivity contribution in [2.75, 3.05) is 26.3 Å². The van der Waals surface area contributed by atoms with E-state index >= 15 is 0 Å². The van der Waals surface area contributed by atoms with Crippen molar-refractivity contribution < 1.29 is 9.53 Å². The SMILES string of the molecule is CC(C)(/C=C/C(N)=O)N1CCOCC1. The number of rotatable bonds is 3. The Morgan fingerprint density at radius 1 is 1.43 bits per heavy atom. The zero-order valence-corrected chi connectivity index (χ0v) is 8.82. The molecule has 0 unspecified atom stereocenters. The van der Waals surface area contributed by atoms with E-state index in [0.29, 0.717) is 0 Å².